The van der Waals surface area contributed by atoms with Gasteiger partial charge in [0.2, 0.25) is 6.79 Å². The molecule has 0 radical (unpaired) electrons. The predicted octanol–water partition coefficient (Wildman–Crippen LogP) is 3.46. The third-order valence-electron chi connectivity index (χ3n) is 3.20. The molecule has 110 valence electrons. The number of aliphatic hydroxyl groups excluding tert-OH is 1. The fraction of sp³-hybridized carbons (Fsp3) is 0.200. The van der Waals surface area contributed by atoms with E-state index in [1.54, 1.807) is 30.3 Å². The minimum atomic E-state index is -0.730. The lowest BCUT2D eigenvalue weighted by Crippen LogP contribution is -2.12. The molecule has 1 unspecified atom stereocenters. The molecule has 0 amide bonds. The van der Waals surface area contributed by atoms with Crippen LogP contribution < -0.4 is 14.8 Å². The normalized spacial score (nSPS) is 14.0. The Morgan fingerprint density at radius 1 is 1.19 bits per heavy atom. The van der Waals surface area contributed by atoms with Crippen LogP contribution in [0.1, 0.15) is 11.7 Å². The second-order valence-electron chi connectivity index (χ2n) is 4.64. The van der Waals surface area contributed by atoms with Gasteiger partial charge in [-0.05, 0) is 51.8 Å². The number of benzene rings is 2. The van der Waals surface area contributed by atoms with Crippen molar-refractivity contribution in [1.29, 1.82) is 0 Å². The van der Waals surface area contributed by atoms with E-state index < -0.39 is 6.10 Å². The molecule has 2 N–H and O–H groups in total. The molecule has 2 aromatic carbocycles. The Balaban J connectivity index is 1.66. The Morgan fingerprint density at radius 3 is 2.81 bits per heavy atom. The van der Waals surface area contributed by atoms with E-state index >= 15 is 0 Å². The van der Waals surface area contributed by atoms with E-state index in [2.05, 4.69) is 21.2 Å². The quantitative estimate of drug-likeness (QED) is 0.883. The van der Waals surface area contributed by atoms with E-state index in [1.807, 2.05) is 0 Å². The zero-order valence-corrected chi connectivity index (χ0v) is 12.6. The number of halogens is 2. The second-order valence-corrected chi connectivity index (χ2v) is 5.49. The highest BCUT2D eigenvalue weighted by atomic mass is 79.9. The molecule has 1 aliphatic rings. The lowest BCUT2D eigenvalue weighted by atomic mass is 10.1. The summed E-state index contributed by atoms with van der Waals surface area (Å²) in [5.74, 6) is 0.952. The lowest BCUT2D eigenvalue weighted by molar-refractivity contribution is 0.173. The van der Waals surface area contributed by atoms with Crippen molar-refractivity contribution in [3.63, 3.8) is 0 Å². The zero-order chi connectivity index (χ0) is 14.8. The summed E-state index contributed by atoms with van der Waals surface area (Å²) < 4.78 is 24.3. The number of ether oxygens (including phenoxy) is 2. The first-order chi connectivity index (χ1) is 10.1. The maximum Gasteiger partial charge on any atom is 0.231 e. The van der Waals surface area contributed by atoms with E-state index in [1.165, 1.54) is 6.07 Å². The summed E-state index contributed by atoms with van der Waals surface area (Å²) in [5.41, 5.74) is 1.32. The molecule has 0 fully saturated rings. The third-order valence-corrected chi connectivity index (χ3v) is 3.84. The van der Waals surface area contributed by atoms with E-state index in [0.29, 0.717) is 27.2 Å². The summed E-state index contributed by atoms with van der Waals surface area (Å²) in [7, 11) is 0. The Kier molecular flexibility index (Phi) is 3.98. The molecule has 0 spiro atoms. The predicted molar refractivity (Wildman–Crippen MR) is 80.1 cm³/mol. The van der Waals surface area contributed by atoms with Crippen LogP contribution in [0.5, 0.6) is 11.5 Å². The van der Waals surface area contributed by atoms with Crippen molar-refractivity contribution in [2.45, 2.75) is 6.10 Å². The van der Waals surface area contributed by atoms with Gasteiger partial charge >= 0.3 is 0 Å². The number of hydrogen-bond acceptors (Lipinski definition) is 4. The van der Waals surface area contributed by atoms with Gasteiger partial charge in [0.05, 0.1) is 10.6 Å². The highest BCUT2D eigenvalue weighted by molar-refractivity contribution is 9.10. The van der Waals surface area contributed by atoms with Crippen LogP contribution in [-0.4, -0.2) is 18.4 Å². The Hall–Kier alpha value is -1.79. The molecule has 6 heteroatoms. The number of anilines is 1. The van der Waals surface area contributed by atoms with Gasteiger partial charge < -0.3 is 19.9 Å². The molecule has 0 aromatic heterocycles. The molecule has 1 atom stereocenters. The number of fused-ring (bicyclic) bond motifs is 1. The van der Waals surface area contributed by atoms with Crippen molar-refractivity contribution in [2.24, 2.45) is 0 Å². The molecule has 3 rings (SSSR count). The minimum absolute atomic E-state index is 0.200. The molecule has 0 saturated carbocycles. The van der Waals surface area contributed by atoms with Crippen LogP contribution in [0.3, 0.4) is 0 Å². The van der Waals surface area contributed by atoms with Gasteiger partial charge in [0.1, 0.15) is 5.82 Å². The Labute approximate surface area is 129 Å². The number of nitrogens with one attached hydrogen (secondary N) is 1. The van der Waals surface area contributed by atoms with E-state index in [9.17, 15) is 9.50 Å². The van der Waals surface area contributed by atoms with Gasteiger partial charge in [0.25, 0.3) is 0 Å². The summed E-state index contributed by atoms with van der Waals surface area (Å²) in [5, 5.41) is 13.2. The Morgan fingerprint density at radius 2 is 2.00 bits per heavy atom. The van der Waals surface area contributed by atoms with Crippen molar-refractivity contribution in [3.05, 3.63) is 52.3 Å². The van der Waals surface area contributed by atoms with E-state index in [4.69, 9.17) is 9.47 Å². The summed E-state index contributed by atoms with van der Waals surface area (Å²) in [4.78, 5) is 0. The van der Waals surface area contributed by atoms with Crippen LogP contribution in [0.15, 0.2) is 40.9 Å². The van der Waals surface area contributed by atoms with Crippen molar-refractivity contribution in [1.82, 2.24) is 0 Å². The van der Waals surface area contributed by atoms with E-state index in [0.717, 1.165) is 0 Å². The van der Waals surface area contributed by atoms with Crippen LogP contribution in [-0.2, 0) is 0 Å². The highest BCUT2D eigenvalue weighted by Crippen LogP contribution is 2.34. The molecule has 0 bridgehead atoms. The zero-order valence-electron chi connectivity index (χ0n) is 11.0. The van der Waals surface area contributed by atoms with E-state index in [-0.39, 0.29) is 19.2 Å². The fourth-order valence-corrected chi connectivity index (χ4v) is 2.31. The summed E-state index contributed by atoms with van der Waals surface area (Å²) >= 11 is 3.10. The molecule has 0 saturated heterocycles. The standard InChI is InChI=1S/C15H13BrFNO3/c16-11-3-2-10(6-12(11)17)18-7-13(19)9-1-4-14-15(5-9)21-8-20-14/h1-6,13,18-19H,7-8H2. The topological polar surface area (TPSA) is 50.7 Å². The molecule has 1 aliphatic heterocycles. The molecule has 1 heterocycles. The molecular weight excluding hydrogens is 341 g/mol. The number of aliphatic hydroxyl groups is 1. The molecule has 0 aliphatic carbocycles. The smallest absolute Gasteiger partial charge is 0.231 e. The average Bonchev–Trinajstić information content (AvgIpc) is 2.95. The van der Waals surface area contributed by atoms with Crippen molar-refractivity contribution in [3.8, 4) is 11.5 Å². The average molecular weight is 354 g/mol. The van der Waals surface area contributed by atoms with Gasteiger partial charge in [-0.1, -0.05) is 6.07 Å². The summed E-state index contributed by atoms with van der Waals surface area (Å²) in [6.07, 6.45) is -0.730. The van der Waals surface area contributed by atoms with Gasteiger partial charge in [0, 0.05) is 12.2 Å². The maximum atomic E-state index is 13.4. The largest absolute Gasteiger partial charge is 0.454 e. The van der Waals surface area contributed by atoms with Gasteiger partial charge in [-0.3, -0.25) is 0 Å². The van der Waals surface area contributed by atoms with Crippen LogP contribution in [0.4, 0.5) is 10.1 Å². The SMILES string of the molecule is OC(CNc1ccc(Br)c(F)c1)c1ccc2c(c1)OCO2. The highest BCUT2D eigenvalue weighted by Gasteiger charge is 2.16. The van der Waals surface area contributed by atoms with Crippen LogP contribution in [0.2, 0.25) is 0 Å². The van der Waals surface area contributed by atoms with Gasteiger partial charge in [0.15, 0.2) is 11.5 Å². The molecule has 4 nitrogen and oxygen atoms in total. The lowest BCUT2D eigenvalue weighted by Gasteiger charge is -2.14. The fourth-order valence-electron chi connectivity index (χ4n) is 2.06. The second kappa shape index (κ2) is 5.91. The third kappa shape index (κ3) is 3.11. The first-order valence-corrected chi connectivity index (χ1v) is 7.19. The molecular formula is C15H13BrFNO3. The van der Waals surface area contributed by atoms with Crippen molar-refractivity contribution >= 4 is 21.6 Å². The minimum Gasteiger partial charge on any atom is -0.454 e. The van der Waals surface area contributed by atoms with Gasteiger partial charge in [-0.15, -0.1) is 0 Å². The first-order valence-electron chi connectivity index (χ1n) is 6.40. The van der Waals surface area contributed by atoms with Crippen LogP contribution >= 0.6 is 15.9 Å². The number of rotatable bonds is 4. The van der Waals surface area contributed by atoms with Crippen LogP contribution in [0, 0.1) is 5.82 Å². The number of hydrogen-bond donors (Lipinski definition) is 2. The molecule has 2 aromatic rings. The van der Waals surface area contributed by atoms with Crippen molar-refractivity contribution < 1.29 is 19.0 Å². The monoisotopic (exact) mass is 353 g/mol. The van der Waals surface area contributed by atoms with Gasteiger partial charge in [-0.2, -0.15) is 0 Å². The summed E-state index contributed by atoms with van der Waals surface area (Å²) in [6.45, 7) is 0.464. The van der Waals surface area contributed by atoms with Gasteiger partial charge in [-0.25, -0.2) is 4.39 Å². The van der Waals surface area contributed by atoms with Crippen molar-refractivity contribution in [2.75, 3.05) is 18.7 Å². The maximum absolute atomic E-state index is 13.4. The summed E-state index contributed by atoms with van der Waals surface area (Å²) in [6, 6.07) is 10.0. The Bertz CT molecular complexity index is 665. The first kappa shape index (κ1) is 14.2. The molecule has 21 heavy (non-hydrogen) atoms. The van der Waals surface area contributed by atoms with Crippen LogP contribution in [0.25, 0.3) is 0 Å².